The fraction of sp³-hybridized carbons (Fsp3) is 0.308. The maximum Gasteiger partial charge on any atom is 0.268 e. The van der Waals surface area contributed by atoms with Gasteiger partial charge in [0.25, 0.3) is 5.91 Å². The van der Waals surface area contributed by atoms with Crippen LogP contribution in [0.3, 0.4) is 0 Å². The van der Waals surface area contributed by atoms with E-state index in [4.69, 9.17) is 18.9 Å². The van der Waals surface area contributed by atoms with E-state index < -0.39 is 5.91 Å². The van der Waals surface area contributed by atoms with Gasteiger partial charge < -0.3 is 18.9 Å². The van der Waals surface area contributed by atoms with Gasteiger partial charge in [-0.3, -0.25) is 10.1 Å². The molecule has 0 bridgehead atoms. The van der Waals surface area contributed by atoms with Gasteiger partial charge in [0.15, 0.2) is 11.5 Å². The highest BCUT2D eigenvalue weighted by Gasteiger charge is 2.14. The average molecular weight is 509 g/mol. The number of hydrogen-bond donors (Lipinski definition) is 1. The van der Waals surface area contributed by atoms with Gasteiger partial charge >= 0.3 is 0 Å². The molecule has 0 aliphatic heterocycles. The fourth-order valence-corrected chi connectivity index (χ4v) is 4.06. The zero-order valence-electron chi connectivity index (χ0n) is 20.6. The van der Waals surface area contributed by atoms with Gasteiger partial charge in [0.2, 0.25) is 5.13 Å². The Hall–Kier alpha value is -4.10. The number of benzene rings is 2. The summed E-state index contributed by atoms with van der Waals surface area (Å²) in [6.07, 6.45) is 2.25. The molecule has 0 fully saturated rings. The third-order valence-electron chi connectivity index (χ3n) is 4.78. The monoisotopic (exact) mass is 508 g/mol. The summed E-state index contributed by atoms with van der Waals surface area (Å²) in [7, 11) is 3.12. The first-order valence-corrected chi connectivity index (χ1v) is 12.1. The molecule has 0 unspecified atom stereocenters. The van der Waals surface area contributed by atoms with E-state index in [2.05, 4.69) is 29.4 Å². The van der Waals surface area contributed by atoms with Crippen molar-refractivity contribution in [1.82, 2.24) is 10.2 Å². The minimum Gasteiger partial charge on any atom is -0.497 e. The van der Waals surface area contributed by atoms with Gasteiger partial charge in [0.05, 0.1) is 14.2 Å². The van der Waals surface area contributed by atoms with Gasteiger partial charge in [-0.15, -0.1) is 10.2 Å². The molecule has 9 nitrogen and oxygen atoms in total. The van der Waals surface area contributed by atoms with E-state index in [1.54, 1.807) is 31.4 Å². The third kappa shape index (κ3) is 7.71. The second-order valence-corrected chi connectivity index (χ2v) is 9.07. The summed E-state index contributed by atoms with van der Waals surface area (Å²) in [5, 5.41) is 21.4. The molecular formula is C26H28N4O5S. The summed E-state index contributed by atoms with van der Waals surface area (Å²) in [6, 6.07) is 14.4. The summed E-state index contributed by atoms with van der Waals surface area (Å²) in [6.45, 7) is 4.77. The Labute approximate surface area is 214 Å². The number of amides is 1. The molecule has 0 radical (unpaired) electrons. The van der Waals surface area contributed by atoms with Crippen LogP contribution in [-0.4, -0.2) is 43.5 Å². The van der Waals surface area contributed by atoms with E-state index >= 15 is 0 Å². The molecule has 0 spiro atoms. The number of hydrogen-bond acceptors (Lipinski definition) is 9. The van der Waals surface area contributed by atoms with Crippen LogP contribution in [0.25, 0.3) is 6.08 Å². The van der Waals surface area contributed by atoms with Crippen LogP contribution in [-0.2, 0) is 11.2 Å². The molecule has 2 aromatic carbocycles. The first-order valence-electron chi connectivity index (χ1n) is 11.2. The lowest BCUT2D eigenvalue weighted by atomic mass is 10.1. The van der Waals surface area contributed by atoms with Crippen LogP contribution < -0.4 is 24.3 Å². The number of anilines is 1. The van der Waals surface area contributed by atoms with Crippen LogP contribution in [0.2, 0.25) is 0 Å². The lowest BCUT2D eigenvalue weighted by Gasteiger charge is -2.12. The van der Waals surface area contributed by atoms with Crippen molar-refractivity contribution in [2.45, 2.75) is 20.3 Å². The van der Waals surface area contributed by atoms with Crippen molar-refractivity contribution in [3.63, 3.8) is 0 Å². The molecule has 0 aliphatic rings. The van der Waals surface area contributed by atoms with Gasteiger partial charge in [-0.1, -0.05) is 37.3 Å². The zero-order chi connectivity index (χ0) is 25.9. The highest BCUT2D eigenvalue weighted by atomic mass is 32.1. The van der Waals surface area contributed by atoms with Crippen molar-refractivity contribution in [2.24, 2.45) is 5.92 Å². The van der Waals surface area contributed by atoms with E-state index in [-0.39, 0.29) is 12.2 Å². The number of nitrogens with zero attached hydrogens (tertiary/aromatic N) is 3. The number of nitriles is 1. The van der Waals surface area contributed by atoms with E-state index in [1.165, 1.54) is 24.5 Å². The van der Waals surface area contributed by atoms with Crippen LogP contribution in [0.4, 0.5) is 5.13 Å². The predicted octanol–water partition coefficient (Wildman–Crippen LogP) is 4.76. The predicted molar refractivity (Wildman–Crippen MR) is 138 cm³/mol. The second kappa shape index (κ2) is 13.1. The van der Waals surface area contributed by atoms with Crippen LogP contribution in [0.15, 0.2) is 48.0 Å². The van der Waals surface area contributed by atoms with Gasteiger partial charge in [-0.2, -0.15) is 5.26 Å². The molecule has 36 heavy (non-hydrogen) atoms. The summed E-state index contributed by atoms with van der Waals surface area (Å²) >= 11 is 1.30. The third-order valence-corrected chi connectivity index (χ3v) is 5.65. The average Bonchev–Trinajstić information content (AvgIpc) is 3.31. The van der Waals surface area contributed by atoms with Crippen molar-refractivity contribution in [1.29, 1.82) is 5.26 Å². The van der Waals surface area contributed by atoms with Crippen molar-refractivity contribution in [3.05, 3.63) is 58.6 Å². The van der Waals surface area contributed by atoms with Gasteiger partial charge in [-0.25, -0.2) is 0 Å². The molecule has 1 amide bonds. The maximum absolute atomic E-state index is 12.6. The number of nitrogens with one attached hydrogen (secondary N) is 1. The minimum absolute atomic E-state index is 0.0713. The molecule has 0 saturated carbocycles. The van der Waals surface area contributed by atoms with Gasteiger partial charge in [0, 0.05) is 12.5 Å². The Morgan fingerprint density at radius 1 is 1.06 bits per heavy atom. The van der Waals surface area contributed by atoms with E-state index in [1.807, 2.05) is 24.3 Å². The standard InChI is InChI=1S/C26H28N4O5S/c1-17(2)12-24-29-30-26(36-24)28-25(31)19(16-27)13-18-8-9-22(23(14-18)33-4)35-11-10-34-21-7-5-6-20(15-21)32-3/h5-9,13-15,17H,10-12H2,1-4H3,(H,28,30,31). The zero-order valence-corrected chi connectivity index (χ0v) is 21.4. The lowest BCUT2D eigenvalue weighted by Crippen LogP contribution is -2.13. The Morgan fingerprint density at radius 3 is 2.56 bits per heavy atom. The first-order chi connectivity index (χ1) is 17.4. The Bertz CT molecular complexity index is 1250. The van der Waals surface area contributed by atoms with Gasteiger partial charge in [0.1, 0.15) is 41.4 Å². The summed E-state index contributed by atoms with van der Waals surface area (Å²) < 4.78 is 22.1. The molecule has 10 heteroatoms. The maximum atomic E-state index is 12.6. The SMILES string of the molecule is COc1cccc(OCCOc2ccc(C=C(C#N)C(=O)Nc3nnc(CC(C)C)s3)cc2OC)c1. The fourth-order valence-electron chi connectivity index (χ4n) is 3.11. The van der Waals surface area contributed by atoms with Crippen molar-refractivity contribution in [2.75, 3.05) is 32.8 Å². The number of carbonyl (C=O) groups excluding carboxylic acids is 1. The van der Waals surface area contributed by atoms with E-state index in [0.717, 1.165) is 11.4 Å². The normalized spacial score (nSPS) is 11.1. The van der Waals surface area contributed by atoms with Crippen molar-refractivity contribution < 1.29 is 23.7 Å². The molecule has 0 atom stereocenters. The van der Waals surface area contributed by atoms with E-state index in [9.17, 15) is 10.1 Å². The number of methoxy groups -OCH3 is 2. The smallest absolute Gasteiger partial charge is 0.268 e. The quantitative estimate of drug-likeness (QED) is 0.212. The first kappa shape index (κ1) is 26.5. The Balaban J connectivity index is 1.60. The largest absolute Gasteiger partial charge is 0.497 e. The molecule has 3 rings (SSSR count). The number of carbonyl (C=O) groups is 1. The van der Waals surface area contributed by atoms with Crippen LogP contribution in [0, 0.1) is 17.2 Å². The molecule has 1 heterocycles. The molecule has 1 aromatic heterocycles. The van der Waals surface area contributed by atoms with Crippen molar-refractivity contribution in [3.8, 4) is 29.1 Å². The number of ether oxygens (including phenoxy) is 4. The topological polar surface area (TPSA) is 116 Å². The summed E-state index contributed by atoms with van der Waals surface area (Å²) in [5.41, 5.74) is 0.536. The molecule has 0 aliphatic carbocycles. The van der Waals surface area contributed by atoms with Crippen LogP contribution in [0.5, 0.6) is 23.0 Å². The molecule has 1 N–H and O–H groups in total. The van der Waals surface area contributed by atoms with Gasteiger partial charge in [-0.05, 0) is 41.8 Å². The highest BCUT2D eigenvalue weighted by molar-refractivity contribution is 7.15. The Kier molecular flexibility index (Phi) is 9.65. The van der Waals surface area contributed by atoms with E-state index in [0.29, 0.717) is 46.2 Å². The Morgan fingerprint density at radius 2 is 1.83 bits per heavy atom. The molecule has 188 valence electrons. The van der Waals surface area contributed by atoms with Crippen LogP contribution in [0.1, 0.15) is 24.4 Å². The highest BCUT2D eigenvalue weighted by Crippen LogP contribution is 2.29. The molecular weight excluding hydrogens is 480 g/mol. The lowest BCUT2D eigenvalue weighted by molar-refractivity contribution is -0.112. The molecule has 3 aromatic rings. The van der Waals surface area contributed by atoms with Crippen molar-refractivity contribution >= 4 is 28.5 Å². The van der Waals surface area contributed by atoms with Crippen LogP contribution >= 0.6 is 11.3 Å². The minimum atomic E-state index is -0.557. The summed E-state index contributed by atoms with van der Waals surface area (Å²) in [5.74, 6) is 2.24. The number of rotatable bonds is 12. The molecule has 0 saturated heterocycles. The second-order valence-electron chi connectivity index (χ2n) is 8.01. The number of aromatic nitrogens is 2. The summed E-state index contributed by atoms with van der Waals surface area (Å²) in [4.78, 5) is 12.6.